The number of hydrogen-bond donors (Lipinski definition) is 0. The van der Waals surface area contributed by atoms with E-state index in [1.807, 2.05) is 0 Å². The van der Waals surface area contributed by atoms with E-state index in [2.05, 4.69) is 72.8 Å². The van der Waals surface area contributed by atoms with E-state index in [0.29, 0.717) is 0 Å². The van der Waals surface area contributed by atoms with Crippen molar-refractivity contribution in [3.63, 3.8) is 0 Å². The van der Waals surface area contributed by atoms with Crippen molar-refractivity contribution >= 4 is 49.3 Å². The monoisotopic (exact) mass is 308 g/mol. The summed E-state index contributed by atoms with van der Waals surface area (Å²) in [6.07, 6.45) is 0. The lowest BCUT2D eigenvalue weighted by molar-refractivity contribution is 1.77. The molecule has 4 rings (SSSR count). The van der Waals surface area contributed by atoms with Crippen LogP contribution in [0.3, 0.4) is 0 Å². The lowest BCUT2D eigenvalue weighted by Crippen LogP contribution is -1.79. The quantitative estimate of drug-likeness (QED) is 0.288. The largest absolute Gasteiger partial charge is 0.114 e. The summed E-state index contributed by atoms with van der Waals surface area (Å²) in [5.74, 6) is 0. The van der Waals surface area contributed by atoms with E-state index in [0.717, 1.165) is 0 Å². The van der Waals surface area contributed by atoms with Gasteiger partial charge in [0.05, 0.1) is 0 Å². The third-order valence-electron chi connectivity index (χ3n) is 3.61. The third-order valence-corrected chi connectivity index (χ3v) is 3.61. The average molecular weight is 309 g/mol. The van der Waals surface area contributed by atoms with Gasteiger partial charge >= 0.3 is 0 Å². The fourth-order valence-corrected chi connectivity index (χ4v) is 2.70. The molecule has 0 aliphatic heterocycles. The van der Waals surface area contributed by atoms with Crippen LogP contribution < -0.4 is 0 Å². The number of fused-ring (bicyclic) bond motifs is 4. The first-order chi connectivity index (χ1) is 8.92. The van der Waals surface area contributed by atoms with Crippen molar-refractivity contribution in [1.82, 2.24) is 0 Å². The molecule has 0 atom stereocenters. The van der Waals surface area contributed by atoms with Gasteiger partial charge in [0.15, 0.2) is 0 Å². The molecule has 4 aromatic carbocycles. The van der Waals surface area contributed by atoms with Gasteiger partial charge in [0, 0.05) is 0 Å². The zero-order valence-electron chi connectivity index (χ0n) is 10.3. The fourth-order valence-electron chi connectivity index (χ4n) is 2.70. The molecule has 4 aromatic rings. The van der Waals surface area contributed by atoms with E-state index in [1.165, 1.54) is 32.3 Å². The molecule has 0 radical (unpaired) electrons. The van der Waals surface area contributed by atoms with Gasteiger partial charge in [-0.15, -0.1) is 17.0 Å². The van der Waals surface area contributed by atoms with Gasteiger partial charge in [-0.1, -0.05) is 60.7 Å². The Morgan fingerprint density at radius 2 is 1.00 bits per heavy atom. The van der Waals surface area contributed by atoms with E-state index in [9.17, 15) is 0 Å². The molecule has 0 aromatic heterocycles. The fraction of sp³-hybridized carbons (Fsp3) is 0. The van der Waals surface area contributed by atoms with Crippen molar-refractivity contribution < 1.29 is 0 Å². The van der Waals surface area contributed by atoms with E-state index in [4.69, 9.17) is 0 Å². The molecule has 0 saturated carbocycles. The molecule has 0 heterocycles. The van der Waals surface area contributed by atoms with Crippen molar-refractivity contribution in [3.05, 3.63) is 72.8 Å². The van der Waals surface area contributed by atoms with Gasteiger partial charge in [0.1, 0.15) is 0 Å². The highest BCUT2D eigenvalue weighted by atomic mass is 79.9. The molecule has 92 valence electrons. The van der Waals surface area contributed by atoms with Crippen LogP contribution >= 0.6 is 17.0 Å². The summed E-state index contributed by atoms with van der Waals surface area (Å²) in [5.41, 5.74) is 0. The van der Waals surface area contributed by atoms with Crippen molar-refractivity contribution in [2.24, 2.45) is 0 Å². The van der Waals surface area contributed by atoms with Crippen LogP contribution in [0.5, 0.6) is 0 Å². The first-order valence-electron chi connectivity index (χ1n) is 6.22. The molecular formula is C18H13Br. The molecule has 19 heavy (non-hydrogen) atoms. The lowest BCUT2D eigenvalue weighted by Gasteiger charge is -2.06. The SMILES string of the molecule is Br.c1ccc2cc3c(ccc4ccccc43)cc2c1. The molecule has 0 fully saturated rings. The summed E-state index contributed by atoms with van der Waals surface area (Å²) in [6, 6.07) is 26.1. The normalized spacial score (nSPS) is 10.7. The second kappa shape index (κ2) is 4.67. The molecule has 0 aliphatic carbocycles. The van der Waals surface area contributed by atoms with Crippen LogP contribution in [-0.4, -0.2) is 0 Å². The highest BCUT2D eigenvalue weighted by Gasteiger charge is 2.01. The minimum Gasteiger partial charge on any atom is -0.114 e. The Morgan fingerprint density at radius 1 is 0.421 bits per heavy atom. The Kier molecular flexibility index (Phi) is 3.00. The summed E-state index contributed by atoms with van der Waals surface area (Å²) < 4.78 is 0. The van der Waals surface area contributed by atoms with Crippen LogP contribution in [0.25, 0.3) is 32.3 Å². The van der Waals surface area contributed by atoms with Gasteiger partial charge in [-0.05, 0) is 44.5 Å². The Balaban J connectivity index is 0.00000110. The maximum absolute atomic E-state index is 2.30. The number of halogens is 1. The first kappa shape index (κ1) is 12.2. The zero-order chi connectivity index (χ0) is 11.9. The maximum atomic E-state index is 2.30. The predicted molar refractivity (Wildman–Crippen MR) is 89.3 cm³/mol. The van der Waals surface area contributed by atoms with Crippen LogP contribution in [0.15, 0.2) is 72.8 Å². The van der Waals surface area contributed by atoms with Crippen molar-refractivity contribution in [3.8, 4) is 0 Å². The number of hydrogen-bond acceptors (Lipinski definition) is 0. The second-order valence-corrected chi connectivity index (χ2v) is 4.71. The maximum Gasteiger partial charge on any atom is -0.00990 e. The van der Waals surface area contributed by atoms with E-state index < -0.39 is 0 Å². The molecule has 0 aliphatic rings. The first-order valence-corrected chi connectivity index (χ1v) is 6.22. The highest BCUT2D eigenvalue weighted by molar-refractivity contribution is 8.93. The Bertz CT molecular complexity index is 872. The van der Waals surface area contributed by atoms with E-state index in [-0.39, 0.29) is 17.0 Å². The summed E-state index contributed by atoms with van der Waals surface area (Å²) in [4.78, 5) is 0. The molecule has 0 unspecified atom stereocenters. The van der Waals surface area contributed by atoms with Crippen molar-refractivity contribution in [2.75, 3.05) is 0 Å². The Labute approximate surface area is 122 Å². The molecular weight excluding hydrogens is 296 g/mol. The highest BCUT2D eigenvalue weighted by Crippen LogP contribution is 2.29. The van der Waals surface area contributed by atoms with Gasteiger partial charge in [0.25, 0.3) is 0 Å². The standard InChI is InChI=1S/C18H12.BrH/c1-2-7-15-12-18-16(11-14(15)6-1)10-9-13-5-3-4-8-17(13)18;/h1-12H;1H. The minimum atomic E-state index is 0. The topological polar surface area (TPSA) is 0 Å². The molecule has 0 amide bonds. The minimum absolute atomic E-state index is 0. The Hall–Kier alpha value is -1.86. The lowest BCUT2D eigenvalue weighted by atomic mass is 9.98. The van der Waals surface area contributed by atoms with Crippen molar-refractivity contribution in [1.29, 1.82) is 0 Å². The van der Waals surface area contributed by atoms with Gasteiger partial charge in [-0.2, -0.15) is 0 Å². The summed E-state index contributed by atoms with van der Waals surface area (Å²) >= 11 is 0. The molecule has 1 heteroatoms. The van der Waals surface area contributed by atoms with Crippen LogP contribution in [0.2, 0.25) is 0 Å². The zero-order valence-corrected chi connectivity index (χ0v) is 12.0. The van der Waals surface area contributed by atoms with Gasteiger partial charge < -0.3 is 0 Å². The summed E-state index contributed by atoms with van der Waals surface area (Å²) in [7, 11) is 0. The van der Waals surface area contributed by atoms with Crippen LogP contribution in [-0.2, 0) is 0 Å². The van der Waals surface area contributed by atoms with E-state index in [1.54, 1.807) is 0 Å². The smallest absolute Gasteiger partial charge is 0.00990 e. The summed E-state index contributed by atoms with van der Waals surface area (Å²) in [6.45, 7) is 0. The molecule has 0 nitrogen and oxygen atoms in total. The third kappa shape index (κ3) is 1.91. The predicted octanol–water partition coefficient (Wildman–Crippen LogP) is 5.72. The Morgan fingerprint density at radius 3 is 1.79 bits per heavy atom. The van der Waals surface area contributed by atoms with Gasteiger partial charge in [0.2, 0.25) is 0 Å². The molecule has 0 saturated heterocycles. The molecule has 0 spiro atoms. The number of rotatable bonds is 0. The molecule has 0 bridgehead atoms. The summed E-state index contributed by atoms with van der Waals surface area (Å²) in [5, 5.41) is 7.90. The second-order valence-electron chi connectivity index (χ2n) is 4.71. The van der Waals surface area contributed by atoms with Gasteiger partial charge in [-0.25, -0.2) is 0 Å². The molecule has 0 N–H and O–H groups in total. The van der Waals surface area contributed by atoms with Crippen LogP contribution in [0, 0.1) is 0 Å². The van der Waals surface area contributed by atoms with Crippen LogP contribution in [0.1, 0.15) is 0 Å². The van der Waals surface area contributed by atoms with Crippen molar-refractivity contribution in [2.45, 2.75) is 0 Å². The average Bonchev–Trinajstić information content (AvgIpc) is 2.45. The van der Waals surface area contributed by atoms with Gasteiger partial charge in [-0.3, -0.25) is 0 Å². The van der Waals surface area contributed by atoms with Crippen LogP contribution in [0.4, 0.5) is 0 Å². The number of benzene rings is 4. The van der Waals surface area contributed by atoms with E-state index >= 15 is 0 Å².